The maximum Gasteiger partial charge on any atom is 0.325 e. The minimum atomic E-state index is -3.67. The first-order valence-electron chi connectivity index (χ1n) is 8.68. The van der Waals surface area contributed by atoms with Crippen LogP contribution in [0.25, 0.3) is 0 Å². The molecule has 4 rings (SSSR count). The number of halogens is 1. The fourth-order valence-electron chi connectivity index (χ4n) is 3.55. The summed E-state index contributed by atoms with van der Waals surface area (Å²) in [7, 11) is -3.67. The third-order valence-corrected chi connectivity index (χ3v) is 6.98. The Labute approximate surface area is 167 Å². The average Bonchev–Trinajstić information content (AvgIpc) is 2.91. The molecule has 0 aromatic heterocycles. The normalized spacial score (nSPS) is 21.4. The molecule has 0 radical (unpaired) electrons. The molecule has 28 heavy (non-hydrogen) atoms. The summed E-state index contributed by atoms with van der Waals surface area (Å²) in [5.74, 6) is -0.292. The summed E-state index contributed by atoms with van der Waals surface area (Å²) in [6.45, 7) is 0.0420. The average molecular weight is 421 g/mol. The van der Waals surface area contributed by atoms with Gasteiger partial charge >= 0.3 is 6.03 Å². The number of hydrogen-bond acceptors (Lipinski definition) is 5. The molecule has 7 nitrogen and oxygen atoms in total. The van der Waals surface area contributed by atoms with E-state index < -0.39 is 27.3 Å². The molecule has 2 aromatic carbocycles. The van der Waals surface area contributed by atoms with Crippen molar-refractivity contribution in [1.82, 2.24) is 10.2 Å². The van der Waals surface area contributed by atoms with Gasteiger partial charge in [-0.3, -0.25) is 9.69 Å². The van der Waals surface area contributed by atoms with Crippen molar-refractivity contribution in [1.29, 1.82) is 0 Å². The monoisotopic (exact) mass is 420 g/mol. The largest absolute Gasteiger partial charge is 0.493 e. The van der Waals surface area contributed by atoms with Gasteiger partial charge in [-0.2, -0.15) is 0 Å². The van der Waals surface area contributed by atoms with Crippen molar-refractivity contribution < 1.29 is 22.7 Å². The molecule has 0 unspecified atom stereocenters. The molecule has 0 bridgehead atoms. The molecule has 146 valence electrons. The van der Waals surface area contributed by atoms with Crippen molar-refractivity contribution in [3.05, 3.63) is 59.1 Å². The Morgan fingerprint density at radius 3 is 2.57 bits per heavy atom. The number of nitrogens with one attached hydrogen (secondary N) is 1. The van der Waals surface area contributed by atoms with E-state index in [4.69, 9.17) is 16.3 Å². The molecule has 1 spiro atoms. The summed E-state index contributed by atoms with van der Waals surface area (Å²) in [4.78, 5) is 26.7. The number of hydrogen-bond donors (Lipinski definition) is 1. The fraction of sp³-hybridized carbons (Fsp3) is 0.263. The lowest BCUT2D eigenvalue weighted by Crippen LogP contribution is -2.47. The highest BCUT2D eigenvalue weighted by Gasteiger charge is 2.54. The fourth-order valence-corrected chi connectivity index (χ4v) is 4.88. The van der Waals surface area contributed by atoms with Gasteiger partial charge in [0.15, 0.2) is 15.4 Å². The first-order chi connectivity index (χ1) is 13.3. The summed E-state index contributed by atoms with van der Waals surface area (Å²) in [5, 5.41) is 3.18. The van der Waals surface area contributed by atoms with Gasteiger partial charge in [-0.1, -0.05) is 29.8 Å². The van der Waals surface area contributed by atoms with Gasteiger partial charge in [-0.15, -0.1) is 0 Å². The van der Waals surface area contributed by atoms with Gasteiger partial charge in [-0.05, 0) is 30.3 Å². The highest BCUT2D eigenvalue weighted by Crippen LogP contribution is 2.40. The molecule has 1 N–H and O–H groups in total. The molecule has 1 fully saturated rings. The molecule has 1 saturated heterocycles. The first kappa shape index (κ1) is 18.8. The van der Waals surface area contributed by atoms with E-state index in [0.717, 1.165) is 4.90 Å². The van der Waals surface area contributed by atoms with E-state index in [1.54, 1.807) is 24.3 Å². The van der Waals surface area contributed by atoms with E-state index in [1.165, 1.54) is 24.3 Å². The minimum Gasteiger partial charge on any atom is -0.493 e. The number of rotatable bonds is 4. The van der Waals surface area contributed by atoms with Crippen LogP contribution >= 0.6 is 11.6 Å². The number of carbonyl (C=O) groups excluding carboxylic acids is 2. The van der Waals surface area contributed by atoms with Gasteiger partial charge in [0.05, 0.1) is 17.3 Å². The van der Waals surface area contributed by atoms with Gasteiger partial charge < -0.3 is 10.1 Å². The van der Waals surface area contributed by atoms with Crippen LogP contribution in [0.4, 0.5) is 4.79 Å². The molecule has 0 saturated carbocycles. The summed E-state index contributed by atoms with van der Waals surface area (Å²) in [6.07, 6.45) is 0.287. The molecule has 9 heteroatoms. The summed E-state index contributed by atoms with van der Waals surface area (Å²) >= 11 is 5.79. The standard InChI is InChI=1S/C19H17ClN2O5S/c20-13-5-7-14(8-6-13)28(25,26)12-10-22-17(23)19(21-18(22)24)9-11-27-16-4-2-1-3-15(16)19/h1-8H,9-12H2,(H,21,24)/t19-/m0/s1. The highest BCUT2D eigenvalue weighted by atomic mass is 35.5. The number of benzene rings is 2. The van der Waals surface area contributed by atoms with Crippen molar-refractivity contribution in [3.8, 4) is 5.75 Å². The van der Waals surface area contributed by atoms with Crippen molar-refractivity contribution in [2.75, 3.05) is 18.9 Å². The Hall–Kier alpha value is -2.58. The van der Waals surface area contributed by atoms with E-state index in [-0.39, 0.29) is 30.2 Å². The Kier molecular flexibility index (Phi) is 4.55. The van der Waals surface area contributed by atoms with E-state index in [0.29, 0.717) is 16.3 Å². The van der Waals surface area contributed by atoms with Crippen LogP contribution in [0.15, 0.2) is 53.4 Å². The summed E-state index contributed by atoms with van der Waals surface area (Å²) in [5.41, 5.74) is -0.627. The zero-order valence-electron chi connectivity index (χ0n) is 14.7. The first-order valence-corrected chi connectivity index (χ1v) is 10.7. The molecule has 2 aromatic rings. The van der Waals surface area contributed by atoms with Gasteiger partial charge in [0.25, 0.3) is 5.91 Å². The van der Waals surface area contributed by atoms with E-state index in [9.17, 15) is 18.0 Å². The van der Waals surface area contributed by atoms with E-state index in [1.807, 2.05) is 0 Å². The number of fused-ring (bicyclic) bond motifs is 2. The Morgan fingerprint density at radius 1 is 1.11 bits per heavy atom. The van der Waals surface area contributed by atoms with Crippen LogP contribution in [0.1, 0.15) is 12.0 Å². The molecular weight excluding hydrogens is 404 g/mol. The number of imide groups is 1. The van der Waals surface area contributed by atoms with E-state index >= 15 is 0 Å². The lowest BCUT2D eigenvalue weighted by Gasteiger charge is -2.33. The maximum absolute atomic E-state index is 13.1. The zero-order chi connectivity index (χ0) is 19.9. The Bertz CT molecular complexity index is 1050. The van der Waals surface area contributed by atoms with Crippen molar-refractivity contribution >= 4 is 33.4 Å². The van der Waals surface area contributed by atoms with Crippen molar-refractivity contribution in [3.63, 3.8) is 0 Å². The van der Waals surface area contributed by atoms with Crippen LogP contribution in [-0.2, 0) is 20.2 Å². The number of sulfone groups is 1. The van der Waals surface area contributed by atoms with Crippen LogP contribution < -0.4 is 10.1 Å². The van der Waals surface area contributed by atoms with Crippen LogP contribution in [0.5, 0.6) is 5.75 Å². The molecule has 3 amide bonds. The van der Waals surface area contributed by atoms with Crippen LogP contribution in [0.3, 0.4) is 0 Å². The maximum atomic E-state index is 13.1. The molecule has 1 atom stereocenters. The molecule has 2 heterocycles. The number of ether oxygens (including phenoxy) is 1. The Balaban J connectivity index is 1.57. The van der Waals surface area contributed by atoms with Crippen LogP contribution in [0.2, 0.25) is 5.02 Å². The molecule has 0 aliphatic carbocycles. The van der Waals surface area contributed by atoms with Crippen molar-refractivity contribution in [2.45, 2.75) is 16.9 Å². The topological polar surface area (TPSA) is 92.8 Å². The second-order valence-electron chi connectivity index (χ2n) is 6.66. The predicted octanol–water partition coefficient (Wildman–Crippen LogP) is 2.34. The predicted molar refractivity (Wildman–Crippen MR) is 102 cm³/mol. The smallest absolute Gasteiger partial charge is 0.325 e. The quantitative estimate of drug-likeness (QED) is 0.766. The van der Waals surface area contributed by atoms with Gasteiger partial charge in [0.1, 0.15) is 5.75 Å². The van der Waals surface area contributed by atoms with Crippen LogP contribution in [0, 0.1) is 0 Å². The van der Waals surface area contributed by atoms with Gasteiger partial charge in [0.2, 0.25) is 0 Å². The highest BCUT2D eigenvalue weighted by molar-refractivity contribution is 7.91. The number of amides is 3. The van der Waals surface area contributed by atoms with Gasteiger partial charge in [0, 0.05) is 23.6 Å². The SMILES string of the molecule is O=C1N[C@]2(CCOc3ccccc32)C(=O)N1CCS(=O)(=O)c1ccc(Cl)cc1. The Morgan fingerprint density at radius 2 is 1.82 bits per heavy atom. The van der Waals surface area contributed by atoms with Gasteiger partial charge in [-0.25, -0.2) is 13.2 Å². The molecule has 2 aliphatic rings. The number of urea groups is 1. The number of carbonyl (C=O) groups is 2. The number of para-hydroxylation sites is 1. The summed E-state index contributed by atoms with van der Waals surface area (Å²) in [6, 6.07) is 12.2. The van der Waals surface area contributed by atoms with E-state index in [2.05, 4.69) is 5.32 Å². The third-order valence-electron chi connectivity index (χ3n) is 5.01. The third kappa shape index (κ3) is 3.02. The summed E-state index contributed by atoms with van der Waals surface area (Å²) < 4.78 is 30.7. The van der Waals surface area contributed by atoms with Crippen molar-refractivity contribution in [2.24, 2.45) is 0 Å². The van der Waals surface area contributed by atoms with Crippen LogP contribution in [-0.4, -0.2) is 44.2 Å². The molecule has 2 aliphatic heterocycles. The zero-order valence-corrected chi connectivity index (χ0v) is 16.3. The second-order valence-corrected chi connectivity index (χ2v) is 9.21. The lowest BCUT2D eigenvalue weighted by atomic mass is 9.84. The second kappa shape index (κ2) is 6.79. The number of nitrogens with zero attached hydrogens (tertiary/aromatic N) is 1. The molecular formula is C19H17ClN2O5S. The lowest BCUT2D eigenvalue weighted by molar-refractivity contribution is -0.132. The minimum absolute atomic E-state index is 0.0927.